The van der Waals surface area contributed by atoms with E-state index in [0.717, 1.165) is 18.2 Å². The molecule has 0 saturated carbocycles. The lowest BCUT2D eigenvalue weighted by Crippen LogP contribution is -2.42. The van der Waals surface area contributed by atoms with Crippen molar-refractivity contribution < 1.29 is 24.0 Å². The molecule has 0 heterocycles. The van der Waals surface area contributed by atoms with Crippen molar-refractivity contribution in [2.24, 2.45) is 0 Å². The summed E-state index contributed by atoms with van der Waals surface area (Å²) in [4.78, 5) is 32.0. The molecule has 0 aliphatic heterocycles. The number of nitro benzene ring substituents is 1. The molecule has 2 amide bonds. The highest BCUT2D eigenvalue weighted by Gasteiger charge is 2.19. The van der Waals surface area contributed by atoms with Crippen molar-refractivity contribution in [1.29, 1.82) is 0 Å². The van der Waals surface area contributed by atoms with Crippen LogP contribution in [-0.4, -0.2) is 28.1 Å². The predicted octanol–water partition coefficient (Wildman–Crippen LogP) is 1.72. The standard InChI is InChI=1S/C11H12FN3O5/c1-2-8(10(16)17)13-11(18)14-9-5-6(15(19)20)3-4-7(9)12/h3-5,8H,2H2,1H3,(H,16,17)(H2,13,14,18)/t8-/m1/s1. The number of carbonyl (C=O) groups excluding carboxylic acids is 1. The largest absolute Gasteiger partial charge is 0.480 e. The number of nitrogens with one attached hydrogen (secondary N) is 2. The second-order valence-electron chi connectivity index (χ2n) is 3.82. The summed E-state index contributed by atoms with van der Waals surface area (Å²) >= 11 is 0. The summed E-state index contributed by atoms with van der Waals surface area (Å²) < 4.78 is 13.4. The van der Waals surface area contributed by atoms with Crippen LogP contribution in [0, 0.1) is 15.9 Å². The van der Waals surface area contributed by atoms with Gasteiger partial charge in [0.05, 0.1) is 10.6 Å². The molecule has 0 fully saturated rings. The Morgan fingerprint density at radius 1 is 1.50 bits per heavy atom. The van der Waals surface area contributed by atoms with E-state index in [0.29, 0.717) is 0 Å². The molecule has 0 saturated heterocycles. The van der Waals surface area contributed by atoms with E-state index in [9.17, 15) is 24.1 Å². The van der Waals surface area contributed by atoms with Gasteiger partial charge >= 0.3 is 12.0 Å². The quantitative estimate of drug-likeness (QED) is 0.561. The molecule has 0 unspecified atom stereocenters. The van der Waals surface area contributed by atoms with Crippen molar-refractivity contribution in [2.75, 3.05) is 5.32 Å². The van der Waals surface area contributed by atoms with Crippen LogP contribution in [0.15, 0.2) is 18.2 Å². The zero-order valence-corrected chi connectivity index (χ0v) is 10.4. The van der Waals surface area contributed by atoms with Gasteiger partial charge in [0.25, 0.3) is 5.69 Å². The summed E-state index contributed by atoms with van der Waals surface area (Å²) in [6.07, 6.45) is 0.139. The molecule has 0 bridgehead atoms. The van der Waals surface area contributed by atoms with Crippen molar-refractivity contribution in [3.63, 3.8) is 0 Å². The van der Waals surface area contributed by atoms with Crippen LogP contribution in [0.2, 0.25) is 0 Å². The average molecular weight is 285 g/mol. The van der Waals surface area contributed by atoms with Gasteiger partial charge in [0.1, 0.15) is 11.9 Å². The smallest absolute Gasteiger partial charge is 0.326 e. The molecule has 108 valence electrons. The average Bonchev–Trinajstić information content (AvgIpc) is 2.37. The Kier molecular flexibility index (Phi) is 4.95. The molecule has 20 heavy (non-hydrogen) atoms. The lowest BCUT2D eigenvalue weighted by atomic mass is 10.2. The van der Waals surface area contributed by atoms with Gasteiger partial charge in [0, 0.05) is 12.1 Å². The Balaban J connectivity index is 2.82. The zero-order chi connectivity index (χ0) is 15.3. The number of halogens is 1. The van der Waals surface area contributed by atoms with Gasteiger partial charge in [-0.05, 0) is 12.5 Å². The van der Waals surface area contributed by atoms with Crippen LogP contribution >= 0.6 is 0 Å². The highest BCUT2D eigenvalue weighted by atomic mass is 19.1. The van der Waals surface area contributed by atoms with E-state index in [1.165, 1.54) is 0 Å². The number of amides is 2. The van der Waals surface area contributed by atoms with Crippen LogP contribution in [-0.2, 0) is 4.79 Å². The molecule has 1 atom stereocenters. The third-order valence-electron chi connectivity index (χ3n) is 2.42. The first-order valence-electron chi connectivity index (χ1n) is 5.59. The van der Waals surface area contributed by atoms with Crippen molar-refractivity contribution in [3.8, 4) is 0 Å². The number of carbonyl (C=O) groups is 2. The molecule has 1 rings (SSSR count). The second kappa shape index (κ2) is 6.45. The number of aliphatic carboxylic acids is 1. The number of urea groups is 1. The van der Waals surface area contributed by atoms with Crippen LogP contribution in [0.1, 0.15) is 13.3 Å². The number of rotatable bonds is 5. The zero-order valence-electron chi connectivity index (χ0n) is 10.4. The number of non-ortho nitro benzene ring substituents is 1. The number of nitro groups is 1. The molecular weight excluding hydrogens is 273 g/mol. The monoisotopic (exact) mass is 285 g/mol. The Morgan fingerprint density at radius 2 is 2.15 bits per heavy atom. The molecule has 1 aromatic rings. The third kappa shape index (κ3) is 3.90. The van der Waals surface area contributed by atoms with E-state index < -0.39 is 40.2 Å². The Bertz CT molecular complexity index is 549. The normalized spacial score (nSPS) is 11.5. The van der Waals surface area contributed by atoms with Crippen LogP contribution in [0.4, 0.5) is 20.6 Å². The molecular formula is C11H12FN3O5. The summed E-state index contributed by atoms with van der Waals surface area (Å²) in [6.45, 7) is 1.55. The summed E-state index contributed by atoms with van der Waals surface area (Å²) in [7, 11) is 0. The van der Waals surface area contributed by atoms with E-state index >= 15 is 0 Å². The fourth-order valence-corrected chi connectivity index (χ4v) is 1.38. The first-order valence-corrected chi connectivity index (χ1v) is 5.59. The van der Waals surface area contributed by atoms with Gasteiger partial charge in [-0.1, -0.05) is 6.92 Å². The Hall–Kier alpha value is -2.71. The number of hydrogen-bond acceptors (Lipinski definition) is 4. The number of carboxylic acid groups (broad SMARTS) is 1. The molecule has 0 radical (unpaired) electrons. The minimum absolute atomic E-state index is 0.139. The minimum atomic E-state index is -1.23. The number of nitrogens with zero attached hydrogens (tertiary/aromatic N) is 1. The number of carboxylic acids is 1. The first-order chi connectivity index (χ1) is 9.35. The summed E-state index contributed by atoms with van der Waals surface area (Å²) in [5.74, 6) is -2.10. The molecule has 0 aliphatic rings. The number of benzene rings is 1. The fraction of sp³-hybridized carbons (Fsp3) is 0.273. The fourth-order valence-electron chi connectivity index (χ4n) is 1.38. The molecule has 1 aromatic carbocycles. The van der Waals surface area contributed by atoms with Gasteiger partial charge in [-0.25, -0.2) is 14.0 Å². The first kappa shape index (κ1) is 15.3. The van der Waals surface area contributed by atoms with Crippen LogP contribution in [0.25, 0.3) is 0 Å². The maximum atomic E-state index is 13.4. The maximum absolute atomic E-state index is 13.4. The lowest BCUT2D eigenvalue weighted by molar-refractivity contribution is -0.384. The van der Waals surface area contributed by atoms with Crippen LogP contribution < -0.4 is 10.6 Å². The van der Waals surface area contributed by atoms with Gasteiger partial charge in [-0.2, -0.15) is 0 Å². The van der Waals surface area contributed by atoms with E-state index in [1.807, 2.05) is 5.32 Å². The number of hydrogen-bond donors (Lipinski definition) is 3. The van der Waals surface area contributed by atoms with Gasteiger partial charge in [-0.15, -0.1) is 0 Å². The Labute approximate surface area is 112 Å². The van der Waals surface area contributed by atoms with Gasteiger partial charge < -0.3 is 15.7 Å². The number of anilines is 1. The molecule has 8 nitrogen and oxygen atoms in total. The van der Waals surface area contributed by atoms with E-state index in [-0.39, 0.29) is 6.42 Å². The SMILES string of the molecule is CC[C@@H](NC(=O)Nc1cc([N+](=O)[O-])ccc1F)C(=O)O. The highest BCUT2D eigenvalue weighted by Crippen LogP contribution is 2.21. The second-order valence-corrected chi connectivity index (χ2v) is 3.82. The van der Waals surface area contributed by atoms with E-state index in [2.05, 4.69) is 5.32 Å². The van der Waals surface area contributed by atoms with Crippen LogP contribution in [0.5, 0.6) is 0 Å². The van der Waals surface area contributed by atoms with Gasteiger partial charge in [-0.3, -0.25) is 10.1 Å². The summed E-state index contributed by atoms with van der Waals surface area (Å²) in [6, 6.07) is 0.541. The highest BCUT2D eigenvalue weighted by molar-refractivity contribution is 5.92. The third-order valence-corrected chi connectivity index (χ3v) is 2.42. The minimum Gasteiger partial charge on any atom is -0.480 e. The topological polar surface area (TPSA) is 122 Å². The lowest BCUT2D eigenvalue weighted by Gasteiger charge is -2.13. The van der Waals surface area contributed by atoms with Gasteiger partial charge in [0.2, 0.25) is 0 Å². The molecule has 9 heteroatoms. The van der Waals surface area contributed by atoms with Crippen LogP contribution in [0.3, 0.4) is 0 Å². The maximum Gasteiger partial charge on any atom is 0.326 e. The summed E-state index contributed by atoms with van der Waals surface area (Å²) in [5, 5.41) is 23.4. The Morgan fingerprint density at radius 3 is 2.65 bits per heavy atom. The molecule has 0 aliphatic carbocycles. The molecule has 0 aromatic heterocycles. The molecule has 3 N–H and O–H groups in total. The van der Waals surface area contributed by atoms with E-state index in [4.69, 9.17) is 5.11 Å². The predicted molar refractivity (Wildman–Crippen MR) is 66.9 cm³/mol. The summed E-state index contributed by atoms with van der Waals surface area (Å²) in [5.41, 5.74) is -0.802. The van der Waals surface area contributed by atoms with Crippen molar-refractivity contribution in [3.05, 3.63) is 34.1 Å². The molecule has 0 spiro atoms. The van der Waals surface area contributed by atoms with Crippen molar-refractivity contribution in [1.82, 2.24) is 5.32 Å². The van der Waals surface area contributed by atoms with E-state index in [1.54, 1.807) is 6.92 Å². The van der Waals surface area contributed by atoms with Gasteiger partial charge in [0.15, 0.2) is 0 Å². The van der Waals surface area contributed by atoms with Crippen molar-refractivity contribution >= 4 is 23.4 Å². The van der Waals surface area contributed by atoms with Crippen molar-refractivity contribution in [2.45, 2.75) is 19.4 Å².